The Morgan fingerprint density at radius 2 is 2.60 bits per heavy atom. The van der Waals surface area contributed by atoms with Crippen molar-refractivity contribution in [3.63, 3.8) is 0 Å². The van der Waals surface area contributed by atoms with Crippen LogP contribution in [-0.4, -0.2) is 36.4 Å². The molecule has 0 amide bonds. The second-order valence-electron chi connectivity index (χ2n) is 2.94. The van der Waals surface area contributed by atoms with Gasteiger partial charge in [0.05, 0.1) is 18.4 Å². The molecule has 0 aliphatic carbocycles. The number of rotatable bonds is 1. The third-order valence-corrected chi connectivity index (χ3v) is 2.33. The zero-order chi connectivity index (χ0) is 6.97. The average Bonchev–Trinajstić information content (AvgIpc) is 2.44. The number of fused-ring (bicyclic) bond motifs is 1. The highest BCUT2D eigenvalue weighted by molar-refractivity contribution is 5.85. The molecule has 3 nitrogen and oxygen atoms in total. The summed E-state index contributed by atoms with van der Waals surface area (Å²) in [4.78, 5) is 6.77. The van der Waals surface area contributed by atoms with Gasteiger partial charge in [0.25, 0.3) is 0 Å². The summed E-state index contributed by atoms with van der Waals surface area (Å²) in [7, 11) is 0. The van der Waals surface area contributed by atoms with Gasteiger partial charge in [0, 0.05) is 19.5 Å². The third kappa shape index (κ3) is 0.736. The average molecular weight is 139 g/mol. The number of aliphatic imine (C=N–C) groups is 1. The monoisotopic (exact) mass is 139 g/mol. The highest BCUT2D eigenvalue weighted by atomic mass is 15.3. The van der Waals surface area contributed by atoms with E-state index in [0.29, 0.717) is 6.04 Å². The molecule has 0 aromatic heterocycles. The minimum Gasteiger partial charge on any atom is -0.354 e. The molecular weight excluding hydrogens is 126 g/mol. The van der Waals surface area contributed by atoms with Crippen LogP contribution in [0.3, 0.4) is 0 Å². The van der Waals surface area contributed by atoms with Gasteiger partial charge in [-0.15, -0.1) is 0 Å². The smallest absolute Gasteiger partial charge is 0.0994 e. The molecule has 1 unspecified atom stereocenters. The number of amidine groups is 1. The third-order valence-electron chi connectivity index (χ3n) is 2.33. The van der Waals surface area contributed by atoms with Gasteiger partial charge < -0.3 is 10.6 Å². The molecule has 0 bridgehead atoms. The fourth-order valence-corrected chi connectivity index (χ4v) is 1.75. The van der Waals surface area contributed by atoms with E-state index in [2.05, 4.69) is 9.89 Å². The molecule has 2 heterocycles. The van der Waals surface area contributed by atoms with Gasteiger partial charge in [-0.1, -0.05) is 0 Å². The number of hydrogen-bond donors (Lipinski definition) is 1. The molecule has 1 fully saturated rings. The van der Waals surface area contributed by atoms with Crippen molar-refractivity contribution in [3.05, 3.63) is 0 Å². The molecule has 2 rings (SSSR count). The summed E-state index contributed by atoms with van der Waals surface area (Å²) >= 11 is 0. The fraction of sp³-hybridized carbons (Fsp3) is 0.857. The first-order chi connectivity index (χ1) is 4.92. The lowest BCUT2D eigenvalue weighted by molar-refractivity contribution is 0.371. The van der Waals surface area contributed by atoms with E-state index >= 15 is 0 Å². The number of nitrogens with two attached hydrogens (primary N) is 1. The molecule has 10 heavy (non-hydrogen) atoms. The standard InChI is InChI=1S/C7H13N3/c8-4-6-5-9-7-2-1-3-10(6)7/h6H,1-5,8H2. The van der Waals surface area contributed by atoms with Crippen LogP contribution in [0.25, 0.3) is 0 Å². The van der Waals surface area contributed by atoms with E-state index in [1.165, 1.54) is 25.2 Å². The lowest BCUT2D eigenvalue weighted by atomic mass is 10.3. The van der Waals surface area contributed by atoms with Crippen molar-refractivity contribution in [1.29, 1.82) is 0 Å². The van der Waals surface area contributed by atoms with Gasteiger partial charge in [0.2, 0.25) is 0 Å². The van der Waals surface area contributed by atoms with Crippen molar-refractivity contribution in [2.45, 2.75) is 18.9 Å². The molecule has 1 atom stereocenters. The molecule has 2 aliphatic heterocycles. The first kappa shape index (κ1) is 6.16. The molecule has 0 spiro atoms. The van der Waals surface area contributed by atoms with E-state index in [0.717, 1.165) is 13.1 Å². The molecule has 0 saturated carbocycles. The van der Waals surface area contributed by atoms with Gasteiger partial charge in [-0.05, 0) is 6.42 Å². The van der Waals surface area contributed by atoms with Crippen LogP contribution in [0.15, 0.2) is 4.99 Å². The van der Waals surface area contributed by atoms with Gasteiger partial charge in [-0.3, -0.25) is 4.99 Å². The normalized spacial score (nSPS) is 30.7. The lowest BCUT2D eigenvalue weighted by Gasteiger charge is -2.20. The van der Waals surface area contributed by atoms with Crippen LogP contribution in [0, 0.1) is 0 Å². The Morgan fingerprint density at radius 3 is 3.40 bits per heavy atom. The van der Waals surface area contributed by atoms with Gasteiger partial charge >= 0.3 is 0 Å². The van der Waals surface area contributed by atoms with Crippen LogP contribution >= 0.6 is 0 Å². The molecule has 0 aromatic carbocycles. The Kier molecular flexibility index (Phi) is 1.38. The maximum atomic E-state index is 5.57. The molecule has 3 heteroatoms. The SMILES string of the molecule is NCC1CN=C2CCCN21. The Labute approximate surface area is 60.9 Å². The summed E-state index contributed by atoms with van der Waals surface area (Å²) < 4.78 is 0. The van der Waals surface area contributed by atoms with E-state index in [1.807, 2.05) is 0 Å². The maximum Gasteiger partial charge on any atom is 0.0994 e. The van der Waals surface area contributed by atoms with Gasteiger partial charge in [0.15, 0.2) is 0 Å². The summed E-state index contributed by atoms with van der Waals surface area (Å²) in [5.41, 5.74) is 5.57. The topological polar surface area (TPSA) is 41.6 Å². The first-order valence-electron chi connectivity index (χ1n) is 3.92. The molecule has 2 aliphatic rings. The second-order valence-corrected chi connectivity index (χ2v) is 2.94. The van der Waals surface area contributed by atoms with E-state index in [-0.39, 0.29) is 0 Å². The predicted octanol–water partition coefficient (Wildman–Crippen LogP) is -0.178. The molecule has 1 saturated heterocycles. The minimum absolute atomic E-state index is 0.525. The summed E-state index contributed by atoms with van der Waals surface area (Å²) in [6.45, 7) is 2.87. The zero-order valence-corrected chi connectivity index (χ0v) is 6.08. The summed E-state index contributed by atoms with van der Waals surface area (Å²) in [5, 5.41) is 0. The van der Waals surface area contributed by atoms with Crippen molar-refractivity contribution in [2.75, 3.05) is 19.6 Å². The summed E-state index contributed by atoms with van der Waals surface area (Å²) in [6, 6.07) is 0.525. The second kappa shape index (κ2) is 2.23. The highest BCUT2D eigenvalue weighted by Gasteiger charge is 2.29. The highest BCUT2D eigenvalue weighted by Crippen LogP contribution is 2.19. The molecule has 0 aromatic rings. The Morgan fingerprint density at radius 1 is 1.70 bits per heavy atom. The van der Waals surface area contributed by atoms with E-state index < -0.39 is 0 Å². The largest absolute Gasteiger partial charge is 0.354 e. The predicted molar refractivity (Wildman–Crippen MR) is 41.1 cm³/mol. The van der Waals surface area contributed by atoms with Crippen molar-refractivity contribution in [2.24, 2.45) is 10.7 Å². The van der Waals surface area contributed by atoms with E-state index in [9.17, 15) is 0 Å². The van der Waals surface area contributed by atoms with Crippen LogP contribution < -0.4 is 5.73 Å². The zero-order valence-electron chi connectivity index (χ0n) is 6.08. The molecular formula is C7H13N3. The van der Waals surface area contributed by atoms with Crippen LogP contribution in [-0.2, 0) is 0 Å². The first-order valence-corrected chi connectivity index (χ1v) is 3.92. The van der Waals surface area contributed by atoms with Crippen LogP contribution in [0.4, 0.5) is 0 Å². The Balaban J connectivity index is 2.10. The van der Waals surface area contributed by atoms with Crippen molar-refractivity contribution in [1.82, 2.24) is 4.90 Å². The quantitative estimate of drug-likeness (QED) is 0.547. The molecule has 0 radical (unpaired) electrons. The summed E-state index contributed by atoms with van der Waals surface area (Å²) in [5.74, 6) is 1.30. The fourth-order valence-electron chi connectivity index (χ4n) is 1.75. The van der Waals surface area contributed by atoms with Crippen LogP contribution in [0.5, 0.6) is 0 Å². The van der Waals surface area contributed by atoms with E-state index in [4.69, 9.17) is 5.73 Å². The number of hydrogen-bond acceptors (Lipinski definition) is 3. The van der Waals surface area contributed by atoms with Crippen molar-refractivity contribution < 1.29 is 0 Å². The minimum atomic E-state index is 0.525. The van der Waals surface area contributed by atoms with Crippen molar-refractivity contribution >= 4 is 5.84 Å². The number of nitrogens with zero attached hydrogens (tertiary/aromatic N) is 2. The maximum absolute atomic E-state index is 5.57. The van der Waals surface area contributed by atoms with Crippen LogP contribution in [0.2, 0.25) is 0 Å². The molecule has 2 N–H and O–H groups in total. The van der Waals surface area contributed by atoms with Crippen molar-refractivity contribution in [3.8, 4) is 0 Å². The van der Waals surface area contributed by atoms with Gasteiger partial charge in [0.1, 0.15) is 0 Å². The lowest BCUT2D eigenvalue weighted by Crippen LogP contribution is -2.38. The van der Waals surface area contributed by atoms with Gasteiger partial charge in [-0.25, -0.2) is 0 Å². The molecule has 56 valence electrons. The van der Waals surface area contributed by atoms with Crippen LogP contribution in [0.1, 0.15) is 12.8 Å². The van der Waals surface area contributed by atoms with E-state index in [1.54, 1.807) is 0 Å². The Hall–Kier alpha value is -0.570. The van der Waals surface area contributed by atoms with Gasteiger partial charge in [-0.2, -0.15) is 0 Å². The Bertz CT molecular complexity index is 164. The summed E-state index contributed by atoms with van der Waals surface area (Å²) in [6.07, 6.45) is 2.45.